The Hall–Kier alpha value is -2.71. The van der Waals surface area contributed by atoms with Crippen LogP contribution in [0.25, 0.3) is 0 Å². The summed E-state index contributed by atoms with van der Waals surface area (Å²) in [6, 6.07) is 8.45. The fraction of sp³-hybridized carbons (Fsp3) is 0.667. The highest BCUT2D eigenvalue weighted by Gasteiger charge is 2.41. The van der Waals surface area contributed by atoms with Crippen molar-refractivity contribution in [2.24, 2.45) is 11.3 Å². The number of rotatable bonds is 13. The van der Waals surface area contributed by atoms with Crippen molar-refractivity contribution in [3.05, 3.63) is 47.5 Å². The van der Waals surface area contributed by atoms with Gasteiger partial charge in [-0.2, -0.15) is 0 Å². The van der Waals surface area contributed by atoms with Crippen LogP contribution in [0, 0.1) is 11.3 Å². The fourth-order valence-electron chi connectivity index (χ4n) is 5.53. The molecule has 3 atom stereocenters. The van der Waals surface area contributed by atoms with Crippen molar-refractivity contribution in [3.63, 3.8) is 0 Å². The van der Waals surface area contributed by atoms with Crippen molar-refractivity contribution in [3.8, 4) is 0 Å². The molecule has 1 aliphatic heterocycles. The molecule has 0 saturated carbocycles. The van der Waals surface area contributed by atoms with Gasteiger partial charge < -0.3 is 25.2 Å². The SMILES string of the molecule is CNC(C(=O)NC(C(=O)N(C)C(/C=C(\C)COCC(=O)N1CCCC1)C(C)C)C(C)(C)C)C(C)(C)c1ccccc1. The van der Waals surface area contributed by atoms with Crippen LogP contribution in [0.1, 0.15) is 73.8 Å². The van der Waals surface area contributed by atoms with Gasteiger partial charge in [0.25, 0.3) is 0 Å². The summed E-state index contributed by atoms with van der Waals surface area (Å²) < 4.78 is 5.72. The third-order valence-corrected chi connectivity index (χ3v) is 8.14. The summed E-state index contributed by atoms with van der Waals surface area (Å²) >= 11 is 0. The minimum Gasteiger partial charge on any atom is -0.367 e. The summed E-state index contributed by atoms with van der Waals surface area (Å²) in [4.78, 5) is 43.6. The van der Waals surface area contributed by atoms with Gasteiger partial charge in [0.1, 0.15) is 12.6 Å². The van der Waals surface area contributed by atoms with Gasteiger partial charge in [0.05, 0.1) is 18.7 Å². The largest absolute Gasteiger partial charge is 0.367 e. The maximum Gasteiger partial charge on any atom is 0.248 e. The van der Waals surface area contributed by atoms with E-state index in [9.17, 15) is 14.4 Å². The van der Waals surface area contributed by atoms with Gasteiger partial charge in [-0.1, -0.05) is 84.9 Å². The van der Waals surface area contributed by atoms with Crippen LogP contribution >= 0.6 is 0 Å². The van der Waals surface area contributed by atoms with Gasteiger partial charge in [-0.05, 0) is 49.3 Å². The van der Waals surface area contributed by atoms with E-state index in [4.69, 9.17) is 4.74 Å². The van der Waals surface area contributed by atoms with Gasteiger partial charge in [0.2, 0.25) is 17.7 Å². The maximum atomic E-state index is 14.0. The molecule has 1 aromatic carbocycles. The highest BCUT2D eigenvalue weighted by Crippen LogP contribution is 2.29. The first-order valence-corrected chi connectivity index (χ1v) is 14.9. The minimum absolute atomic E-state index is 0.0297. The predicted octanol–water partition coefficient (Wildman–Crippen LogP) is 4.15. The van der Waals surface area contributed by atoms with E-state index in [0.717, 1.165) is 37.1 Å². The highest BCUT2D eigenvalue weighted by atomic mass is 16.5. The van der Waals surface area contributed by atoms with Crippen LogP contribution in [-0.2, 0) is 24.5 Å². The first kappa shape index (κ1) is 34.5. The lowest BCUT2D eigenvalue weighted by Crippen LogP contribution is -2.61. The van der Waals surface area contributed by atoms with Crippen LogP contribution in [0.5, 0.6) is 0 Å². The summed E-state index contributed by atoms with van der Waals surface area (Å²) in [5.41, 5.74) is 0.965. The molecular weight excluding hydrogens is 516 g/mol. The average molecular weight is 571 g/mol. The zero-order valence-electron chi connectivity index (χ0n) is 27.0. The molecule has 8 nitrogen and oxygen atoms in total. The Morgan fingerprint density at radius 2 is 1.59 bits per heavy atom. The molecule has 2 N–H and O–H groups in total. The lowest BCUT2D eigenvalue weighted by molar-refractivity contribution is -0.140. The van der Waals surface area contributed by atoms with Crippen LogP contribution in [-0.4, -0.2) is 86.0 Å². The van der Waals surface area contributed by atoms with Gasteiger partial charge >= 0.3 is 0 Å². The zero-order valence-corrected chi connectivity index (χ0v) is 27.0. The average Bonchev–Trinajstić information content (AvgIpc) is 3.45. The first-order valence-electron chi connectivity index (χ1n) is 14.9. The normalized spacial score (nSPS) is 16.9. The smallest absolute Gasteiger partial charge is 0.248 e. The lowest BCUT2D eigenvalue weighted by Gasteiger charge is -2.40. The Kier molecular flexibility index (Phi) is 12.6. The number of carbonyl (C=O) groups is 3. The van der Waals surface area contributed by atoms with E-state index >= 15 is 0 Å². The van der Waals surface area contributed by atoms with Crippen LogP contribution in [0.4, 0.5) is 0 Å². The standard InChI is InChI=1S/C33H54N4O4/c1-23(2)26(20-24(3)21-41-22-27(38)37-18-14-15-19-37)36(10)31(40)29(32(4,5)6)35-30(39)28(34-9)33(7,8)25-16-12-11-13-17-25/h11-13,16-17,20,23,26,28-29,34H,14-15,18-19,21-22H2,1-10H3,(H,35,39)/b24-20+. The Morgan fingerprint density at radius 1 is 1.00 bits per heavy atom. The van der Waals surface area contributed by atoms with Gasteiger partial charge in [-0.15, -0.1) is 0 Å². The van der Waals surface area contributed by atoms with E-state index in [-0.39, 0.29) is 36.3 Å². The molecule has 230 valence electrons. The molecule has 0 spiro atoms. The van der Waals surface area contributed by atoms with Crippen molar-refractivity contribution in [1.29, 1.82) is 0 Å². The number of ether oxygens (including phenoxy) is 1. The predicted molar refractivity (Wildman–Crippen MR) is 165 cm³/mol. The summed E-state index contributed by atoms with van der Waals surface area (Å²) in [5.74, 6) is -0.205. The maximum absolute atomic E-state index is 14.0. The number of benzene rings is 1. The second-order valence-corrected chi connectivity index (χ2v) is 13.4. The zero-order chi connectivity index (χ0) is 31.0. The summed E-state index contributed by atoms with van der Waals surface area (Å²) in [6.45, 7) is 18.1. The van der Waals surface area contributed by atoms with E-state index in [0.29, 0.717) is 6.61 Å². The second-order valence-electron chi connectivity index (χ2n) is 13.4. The lowest BCUT2D eigenvalue weighted by atomic mass is 9.76. The van der Waals surface area contributed by atoms with E-state index in [2.05, 4.69) is 24.5 Å². The Bertz CT molecular complexity index is 1040. The molecule has 0 bridgehead atoms. The molecule has 1 aliphatic rings. The molecule has 3 amide bonds. The molecule has 1 aromatic rings. The van der Waals surface area contributed by atoms with Crippen LogP contribution in [0.3, 0.4) is 0 Å². The number of nitrogens with zero attached hydrogens (tertiary/aromatic N) is 2. The number of nitrogens with one attached hydrogen (secondary N) is 2. The van der Waals surface area contributed by atoms with Crippen molar-refractivity contribution in [2.75, 3.05) is 40.4 Å². The molecular formula is C33H54N4O4. The molecule has 2 rings (SSSR count). The Morgan fingerprint density at radius 3 is 2.10 bits per heavy atom. The molecule has 8 heteroatoms. The molecule has 41 heavy (non-hydrogen) atoms. The Labute approximate surface area is 248 Å². The number of likely N-dealkylation sites (N-methyl/N-ethyl adjacent to an activating group) is 2. The second kappa shape index (κ2) is 15.0. The molecule has 1 fully saturated rings. The molecule has 0 aliphatic carbocycles. The highest BCUT2D eigenvalue weighted by molar-refractivity contribution is 5.91. The topological polar surface area (TPSA) is 91.0 Å². The number of hydrogen-bond acceptors (Lipinski definition) is 5. The van der Waals surface area contributed by atoms with E-state index in [1.165, 1.54) is 0 Å². The fourth-order valence-corrected chi connectivity index (χ4v) is 5.53. The third kappa shape index (κ3) is 9.40. The summed E-state index contributed by atoms with van der Waals surface area (Å²) in [6.07, 6.45) is 4.15. The molecule has 3 unspecified atom stereocenters. The molecule has 1 heterocycles. The summed E-state index contributed by atoms with van der Waals surface area (Å²) in [7, 11) is 3.57. The van der Waals surface area contributed by atoms with Gasteiger partial charge in [-0.25, -0.2) is 0 Å². The van der Waals surface area contributed by atoms with Crippen LogP contribution in [0.2, 0.25) is 0 Å². The molecule has 0 radical (unpaired) electrons. The van der Waals surface area contributed by atoms with Crippen molar-refractivity contribution >= 4 is 17.7 Å². The third-order valence-electron chi connectivity index (χ3n) is 8.14. The van der Waals surface area contributed by atoms with Gasteiger partial charge in [0, 0.05) is 25.6 Å². The van der Waals surface area contributed by atoms with Crippen molar-refractivity contribution in [1.82, 2.24) is 20.4 Å². The molecule has 1 saturated heterocycles. The van der Waals surface area contributed by atoms with Crippen LogP contribution in [0.15, 0.2) is 42.0 Å². The number of hydrogen-bond donors (Lipinski definition) is 2. The van der Waals surface area contributed by atoms with E-state index < -0.39 is 22.9 Å². The van der Waals surface area contributed by atoms with E-state index in [1.54, 1.807) is 19.0 Å². The quantitative estimate of drug-likeness (QED) is 0.348. The minimum atomic E-state index is -0.730. The summed E-state index contributed by atoms with van der Waals surface area (Å²) in [5, 5.41) is 6.30. The van der Waals surface area contributed by atoms with Crippen molar-refractivity contribution < 1.29 is 19.1 Å². The number of carbonyl (C=O) groups excluding carboxylic acids is 3. The number of amides is 3. The Balaban J connectivity index is 2.17. The van der Waals surface area contributed by atoms with Crippen LogP contribution < -0.4 is 10.6 Å². The van der Waals surface area contributed by atoms with Crippen molar-refractivity contribution in [2.45, 2.75) is 91.8 Å². The first-order chi connectivity index (χ1) is 19.1. The van der Waals surface area contributed by atoms with E-state index in [1.807, 2.05) is 82.9 Å². The van der Waals surface area contributed by atoms with Gasteiger partial charge in [0.15, 0.2) is 0 Å². The monoisotopic (exact) mass is 570 g/mol. The number of likely N-dealkylation sites (tertiary alicyclic amines) is 1. The van der Waals surface area contributed by atoms with Gasteiger partial charge in [-0.3, -0.25) is 14.4 Å². The molecule has 0 aromatic heterocycles.